The summed E-state index contributed by atoms with van der Waals surface area (Å²) in [4.78, 5) is 33.3. The third-order valence-corrected chi connectivity index (χ3v) is 2.56. The number of hydrogen-bond donors (Lipinski definition) is 4. The molecule has 0 bridgehead atoms. The highest BCUT2D eigenvalue weighted by molar-refractivity contribution is 5.92. The molecular formula is C13H17N3O4. The predicted molar refractivity (Wildman–Crippen MR) is 73.2 cm³/mol. The average molecular weight is 279 g/mol. The van der Waals surface area contributed by atoms with Gasteiger partial charge < -0.3 is 21.5 Å². The van der Waals surface area contributed by atoms with Crippen LogP contribution in [0, 0.1) is 6.92 Å². The van der Waals surface area contributed by atoms with Crippen LogP contribution in [0.25, 0.3) is 0 Å². The first kappa shape index (κ1) is 15.5. The topological polar surface area (TPSA) is 122 Å². The van der Waals surface area contributed by atoms with Crippen molar-refractivity contribution in [3.63, 3.8) is 0 Å². The SMILES string of the molecule is Cc1cccc(NC(=O)N[C@@H](CCC(N)=O)C(=O)O)c1. The number of benzene rings is 1. The zero-order chi connectivity index (χ0) is 15.1. The minimum Gasteiger partial charge on any atom is -0.480 e. The number of hydrogen-bond acceptors (Lipinski definition) is 3. The number of nitrogens with one attached hydrogen (secondary N) is 2. The first-order valence-corrected chi connectivity index (χ1v) is 6.04. The van der Waals surface area contributed by atoms with E-state index in [0.29, 0.717) is 5.69 Å². The van der Waals surface area contributed by atoms with E-state index < -0.39 is 23.9 Å². The Labute approximate surface area is 116 Å². The van der Waals surface area contributed by atoms with Crippen LogP contribution in [0.1, 0.15) is 18.4 Å². The zero-order valence-electron chi connectivity index (χ0n) is 11.1. The number of rotatable bonds is 6. The summed E-state index contributed by atoms with van der Waals surface area (Å²) >= 11 is 0. The summed E-state index contributed by atoms with van der Waals surface area (Å²) in [6.07, 6.45) is -0.159. The van der Waals surface area contributed by atoms with Gasteiger partial charge in [-0.2, -0.15) is 0 Å². The Hall–Kier alpha value is -2.57. The van der Waals surface area contributed by atoms with Crippen molar-refractivity contribution in [3.8, 4) is 0 Å². The lowest BCUT2D eigenvalue weighted by Gasteiger charge is -2.14. The monoisotopic (exact) mass is 279 g/mol. The molecule has 3 amide bonds. The summed E-state index contributed by atoms with van der Waals surface area (Å²) in [7, 11) is 0. The van der Waals surface area contributed by atoms with Crippen LogP contribution >= 0.6 is 0 Å². The predicted octanol–water partition coefficient (Wildman–Crippen LogP) is 0.835. The molecule has 1 atom stereocenters. The van der Waals surface area contributed by atoms with Crippen molar-refractivity contribution in [3.05, 3.63) is 29.8 Å². The Balaban J connectivity index is 2.57. The number of aliphatic carboxylic acids is 1. The Morgan fingerprint density at radius 2 is 2.05 bits per heavy atom. The number of nitrogens with two attached hydrogens (primary N) is 1. The first-order valence-electron chi connectivity index (χ1n) is 6.04. The normalized spacial score (nSPS) is 11.4. The van der Waals surface area contributed by atoms with Crippen molar-refractivity contribution < 1.29 is 19.5 Å². The van der Waals surface area contributed by atoms with E-state index >= 15 is 0 Å². The number of anilines is 1. The molecule has 0 heterocycles. The lowest BCUT2D eigenvalue weighted by molar-refractivity contribution is -0.139. The fraction of sp³-hybridized carbons (Fsp3) is 0.308. The average Bonchev–Trinajstić information content (AvgIpc) is 2.33. The standard InChI is InChI=1S/C13H17N3O4/c1-8-3-2-4-9(7-8)15-13(20)16-10(12(18)19)5-6-11(14)17/h2-4,7,10H,5-6H2,1H3,(H2,14,17)(H,18,19)(H2,15,16,20)/t10-/m0/s1. The highest BCUT2D eigenvalue weighted by Gasteiger charge is 2.20. The third kappa shape index (κ3) is 5.38. The number of carbonyl (C=O) groups excluding carboxylic acids is 2. The molecule has 1 aromatic carbocycles. The van der Waals surface area contributed by atoms with Gasteiger partial charge in [-0.1, -0.05) is 12.1 Å². The Morgan fingerprint density at radius 3 is 2.60 bits per heavy atom. The number of urea groups is 1. The number of carboxylic acid groups (broad SMARTS) is 1. The molecular weight excluding hydrogens is 262 g/mol. The van der Waals surface area contributed by atoms with Gasteiger partial charge in [-0.05, 0) is 31.0 Å². The highest BCUT2D eigenvalue weighted by atomic mass is 16.4. The van der Waals surface area contributed by atoms with E-state index in [1.54, 1.807) is 18.2 Å². The molecule has 0 fully saturated rings. The second-order valence-electron chi connectivity index (χ2n) is 4.36. The van der Waals surface area contributed by atoms with Gasteiger partial charge in [0.15, 0.2) is 0 Å². The summed E-state index contributed by atoms with van der Waals surface area (Å²) in [6, 6.07) is 5.27. The van der Waals surface area contributed by atoms with Crippen molar-refractivity contribution >= 4 is 23.6 Å². The van der Waals surface area contributed by atoms with Crippen LogP contribution < -0.4 is 16.4 Å². The van der Waals surface area contributed by atoms with E-state index in [4.69, 9.17) is 10.8 Å². The zero-order valence-corrected chi connectivity index (χ0v) is 11.1. The fourth-order valence-corrected chi connectivity index (χ4v) is 1.59. The lowest BCUT2D eigenvalue weighted by Crippen LogP contribution is -2.43. The second kappa shape index (κ2) is 7.13. The minimum atomic E-state index is -1.22. The van der Waals surface area contributed by atoms with E-state index in [-0.39, 0.29) is 12.8 Å². The first-order chi connectivity index (χ1) is 9.38. The van der Waals surface area contributed by atoms with E-state index in [1.807, 2.05) is 13.0 Å². The van der Waals surface area contributed by atoms with Gasteiger partial charge in [-0.3, -0.25) is 4.79 Å². The molecule has 0 radical (unpaired) electrons. The van der Waals surface area contributed by atoms with Crippen molar-refractivity contribution in [2.45, 2.75) is 25.8 Å². The van der Waals surface area contributed by atoms with Gasteiger partial charge in [-0.15, -0.1) is 0 Å². The maximum absolute atomic E-state index is 11.7. The van der Waals surface area contributed by atoms with Gasteiger partial charge >= 0.3 is 12.0 Å². The van der Waals surface area contributed by atoms with Gasteiger partial charge in [-0.25, -0.2) is 9.59 Å². The molecule has 1 aromatic rings. The molecule has 0 saturated heterocycles. The van der Waals surface area contributed by atoms with Crippen LogP contribution in [-0.2, 0) is 9.59 Å². The highest BCUT2D eigenvalue weighted by Crippen LogP contribution is 2.09. The summed E-state index contributed by atoms with van der Waals surface area (Å²) < 4.78 is 0. The van der Waals surface area contributed by atoms with Crippen LogP contribution in [0.5, 0.6) is 0 Å². The minimum absolute atomic E-state index is 0.0497. The Kier molecular flexibility index (Phi) is 5.52. The molecule has 7 heteroatoms. The van der Waals surface area contributed by atoms with E-state index in [0.717, 1.165) is 5.56 Å². The van der Waals surface area contributed by atoms with Crippen molar-refractivity contribution in [1.82, 2.24) is 5.32 Å². The number of primary amides is 1. The summed E-state index contributed by atoms with van der Waals surface area (Å²) in [5, 5.41) is 13.8. The Bertz CT molecular complexity index is 516. The number of carbonyl (C=O) groups is 3. The molecule has 20 heavy (non-hydrogen) atoms. The number of amides is 3. The van der Waals surface area contributed by atoms with Crippen molar-refractivity contribution in [1.29, 1.82) is 0 Å². The number of aryl methyl sites for hydroxylation is 1. The molecule has 7 nitrogen and oxygen atoms in total. The van der Waals surface area contributed by atoms with Gasteiger partial charge in [0.25, 0.3) is 0 Å². The summed E-state index contributed by atoms with van der Waals surface area (Å²) in [5.41, 5.74) is 6.47. The molecule has 0 saturated carbocycles. The number of carboxylic acids is 1. The van der Waals surface area contributed by atoms with E-state index in [1.165, 1.54) is 0 Å². The molecule has 5 N–H and O–H groups in total. The van der Waals surface area contributed by atoms with Gasteiger partial charge in [0.2, 0.25) is 5.91 Å². The van der Waals surface area contributed by atoms with Crippen LogP contribution in [0.4, 0.5) is 10.5 Å². The van der Waals surface area contributed by atoms with Crippen LogP contribution in [0.15, 0.2) is 24.3 Å². The molecule has 108 valence electrons. The molecule has 1 rings (SSSR count). The quantitative estimate of drug-likeness (QED) is 0.616. The molecule has 0 unspecified atom stereocenters. The third-order valence-electron chi connectivity index (χ3n) is 2.56. The van der Waals surface area contributed by atoms with Gasteiger partial charge in [0, 0.05) is 12.1 Å². The fourth-order valence-electron chi connectivity index (χ4n) is 1.59. The summed E-state index contributed by atoms with van der Waals surface area (Å²) in [6.45, 7) is 1.87. The maximum Gasteiger partial charge on any atom is 0.326 e. The molecule has 0 aromatic heterocycles. The van der Waals surface area contributed by atoms with Gasteiger partial charge in [0.05, 0.1) is 0 Å². The van der Waals surface area contributed by atoms with Crippen LogP contribution in [0.2, 0.25) is 0 Å². The molecule has 0 aliphatic rings. The summed E-state index contributed by atoms with van der Waals surface area (Å²) in [5.74, 6) is -1.83. The van der Waals surface area contributed by atoms with Crippen molar-refractivity contribution in [2.75, 3.05) is 5.32 Å². The van der Waals surface area contributed by atoms with Crippen LogP contribution in [-0.4, -0.2) is 29.1 Å². The van der Waals surface area contributed by atoms with E-state index in [2.05, 4.69) is 10.6 Å². The molecule has 0 aliphatic heterocycles. The smallest absolute Gasteiger partial charge is 0.326 e. The molecule has 0 spiro atoms. The Morgan fingerprint density at radius 1 is 1.35 bits per heavy atom. The maximum atomic E-state index is 11.7. The lowest BCUT2D eigenvalue weighted by atomic mass is 10.1. The van der Waals surface area contributed by atoms with Gasteiger partial charge in [0.1, 0.15) is 6.04 Å². The van der Waals surface area contributed by atoms with Crippen molar-refractivity contribution in [2.24, 2.45) is 5.73 Å². The van der Waals surface area contributed by atoms with Crippen LogP contribution in [0.3, 0.4) is 0 Å². The second-order valence-corrected chi connectivity index (χ2v) is 4.36. The molecule has 0 aliphatic carbocycles. The largest absolute Gasteiger partial charge is 0.480 e. The van der Waals surface area contributed by atoms with E-state index in [9.17, 15) is 14.4 Å².